The van der Waals surface area contributed by atoms with Gasteiger partial charge in [0.1, 0.15) is 13.1 Å². The summed E-state index contributed by atoms with van der Waals surface area (Å²) in [7, 11) is 0. The number of carbonyl (C=O) groups is 3. The predicted octanol–water partition coefficient (Wildman–Crippen LogP) is 0.466. The van der Waals surface area contributed by atoms with Crippen LogP contribution in [0.15, 0.2) is 17.5 Å². The van der Waals surface area contributed by atoms with Crippen molar-refractivity contribution in [1.82, 2.24) is 10.2 Å². The van der Waals surface area contributed by atoms with Crippen molar-refractivity contribution in [2.45, 2.75) is 5.75 Å². The molecule has 2 heterocycles. The van der Waals surface area contributed by atoms with E-state index < -0.39 is 11.8 Å². The van der Waals surface area contributed by atoms with Gasteiger partial charge in [-0.2, -0.15) is 0 Å². The first-order valence-electron chi connectivity index (χ1n) is 5.36. The van der Waals surface area contributed by atoms with Crippen LogP contribution >= 0.6 is 23.1 Å². The maximum Gasteiger partial charge on any atom is 0.246 e. The first kappa shape index (κ1) is 13.1. The van der Waals surface area contributed by atoms with Gasteiger partial charge in [0.15, 0.2) is 0 Å². The Labute approximate surface area is 113 Å². The Balaban J connectivity index is 1.77. The van der Waals surface area contributed by atoms with Gasteiger partial charge in [0.05, 0.1) is 5.75 Å². The zero-order valence-electron chi connectivity index (χ0n) is 9.55. The Kier molecular flexibility index (Phi) is 4.38. The van der Waals surface area contributed by atoms with Crippen LogP contribution in [0.5, 0.6) is 0 Å². The van der Waals surface area contributed by atoms with Crippen molar-refractivity contribution in [1.29, 1.82) is 0 Å². The second-order valence-corrected chi connectivity index (χ2v) is 5.81. The first-order chi connectivity index (χ1) is 8.65. The largest absolute Gasteiger partial charge is 0.323 e. The lowest BCUT2D eigenvalue weighted by molar-refractivity contribution is -0.144. The van der Waals surface area contributed by atoms with Crippen molar-refractivity contribution < 1.29 is 14.4 Å². The van der Waals surface area contributed by atoms with Gasteiger partial charge in [0.25, 0.3) is 0 Å². The molecule has 0 unspecified atom stereocenters. The van der Waals surface area contributed by atoms with Gasteiger partial charge in [-0.25, -0.2) is 0 Å². The van der Waals surface area contributed by atoms with Crippen LogP contribution < -0.4 is 5.32 Å². The fourth-order valence-electron chi connectivity index (χ4n) is 1.54. The van der Waals surface area contributed by atoms with Gasteiger partial charge in [-0.3, -0.25) is 19.7 Å². The topological polar surface area (TPSA) is 66.5 Å². The Bertz CT molecular complexity index is 443. The zero-order valence-corrected chi connectivity index (χ0v) is 11.2. The van der Waals surface area contributed by atoms with E-state index in [1.54, 1.807) is 11.3 Å². The molecule has 1 fully saturated rings. The van der Waals surface area contributed by atoms with Gasteiger partial charge in [0, 0.05) is 10.6 Å². The molecule has 1 aliphatic heterocycles. The SMILES string of the molecule is O=C1CN(C(=O)CSCc2cccs2)CC(=O)N1. The second kappa shape index (κ2) is 6.01. The van der Waals surface area contributed by atoms with Crippen LogP contribution in [-0.2, 0) is 20.1 Å². The van der Waals surface area contributed by atoms with Crippen LogP contribution in [0.1, 0.15) is 4.88 Å². The van der Waals surface area contributed by atoms with Gasteiger partial charge in [-0.1, -0.05) is 6.07 Å². The first-order valence-corrected chi connectivity index (χ1v) is 7.39. The summed E-state index contributed by atoms with van der Waals surface area (Å²) in [6.45, 7) is -0.0474. The number of imide groups is 1. The van der Waals surface area contributed by atoms with Crippen molar-refractivity contribution >= 4 is 40.8 Å². The molecule has 96 valence electrons. The summed E-state index contributed by atoms with van der Waals surface area (Å²) in [6, 6.07) is 3.98. The van der Waals surface area contributed by atoms with Crippen LogP contribution in [0.4, 0.5) is 0 Å². The molecule has 0 saturated carbocycles. The van der Waals surface area contributed by atoms with Crippen molar-refractivity contribution in [2.24, 2.45) is 0 Å². The summed E-state index contributed by atoms with van der Waals surface area (Å²) in [6.07, 6.45) is 0. The fourth-order valence-corrected chi connectivity index (χ4v) is 3.31. The Morgan fingerprint density at radius 3 is 2.72 bits per heavy atom. The minimum atomic E-state index is -0.414. The molecule has 1 N–H and O–H groups in total. The highest BCUT2D eigenvalue weighted by atomic mass is 32.2. The highest BCUT2D eigenvalue weighted by molar-refractivity contribution is 7.99. The lowest BCUT2D eigenvalue weighted by Gasteiger charge is -2.25. The number of amides is 3. The minimum Gasteiger partial charge on any atom is -0.323 e. The molecule has 2 rings (SSSR count). The molecule has 0 atom stereocenters. The van der Waals surface area contributed by atoms with Crippen molar-refractivity contribution in [3.05, 3.63) is 22.4 Å². The molecule has 7 heteroatoms. The normalized spacial score (nSPS) is 15.7. The van der Waals surface area contributed by atoms with E-state index in [0.29, 0.717) is 5.75 Å². The molecule has 1 aromatic rings. The van der Waals surface area contributed by atoms with Crippen LogP contribution in [0.25, 0.3) is 0 Å². The Morgan fingerprint density at radius 1 is 1.39 bits per heavy atom. The van der Waals surface area contributed by atoms with Gasteiger partial charge in [-0.15, -0.1) is 23.1 Å². The van der Waals surface area contributed by atoms with E-state index in [2.05, 4.69) is 5.32 Å². The highest BCUT2D eigenvalue weighted by Crippen LogP contribution is 2.17. The number of nitrogens with one attached hydrogen (secondary N) is 1. The number of hydrogen-bond donors (Lipinski definition) is 1. The van der Waals surface area contributed by atoms with E-state index in [4.69, 9.17) is 0 Å². The number of carbonyl (C=O) groups excluding carboxylic acids is 3. The third-order valence-electron chi connectivity index (χ3n) is 2.35. The van der Waals surface area contributed by atoms with E-state index in [1.165, 1.54) is 21.5 Å². The summed E-state index contributed by atoms with van der Waals surface area (Å²) < 4.78 is 0. The van der Waals surface area contributed by atoms with E-state index in [1.807, 2.05) is 17.5 Å². The third-order valence-corrected chi connectivity index (χ3v) is 4.38. The van der Waals surface area contributed by atoms with Crippen molar-refractivity contribution in [3.63, 3.8) is 0 Å². The smallest absolute Gasteiger partial charge is 0.246 e. The van der Waals surface area contributed by atoms with Gasteiger partial charge in [0.2, 0.25) is 17.7 Å². The number of hydrogen-bond acceptors (Lipinski definition) is 5. The molecule has 0 aliphatic carbocycles. The van der Waals surface area contributed by atoms with E-state index in [0.717, 1.165) is 5.75 Å². The average molecular weight is 284 g/mol. The van der Waals surface area contributed by atoms with Crippen molar-refractivity contribution in [2.75, 3.05) is 18.8 Å². The molecule has 1 aliphatic rings. The number of thiophene rings is 1. The molecule has 1 aromatic heterocycles. The van der Waals surface area contributed by atoms with Gasteiger partial charge >= 0.3 is 0 Å². The summed E-state index contributed by atoms with van der Waals surface area (Å²) in [4.78, 5) is 36.5. The van der Waals surface area contributed by atoms with Gasteiger partial charge in [-0.05, 0) is 11.4 Å². The van der Waals surface area contributed by atoms with Crippen LogP contribution in [0.2, 0.25) is 0 Å². The molecule has 1 saturated heterocycles. The molecule has 0 radical (unpaired) electrons. The molecule has 18 heavy (non-hydrogen) atoms. The Morgan fingerprint density at radius 2 is 2.11 bits per heavy atom. The third kappa shape index (κ3) is 3.58. The summed E-state index contributed by atoms with van der Waals surface area (Å²) in [5.74, 6) is 0.0704. The molecule has 0 spiro atoms. The number of thioether (sulfide) groups is 1. The number of piperazine rings is 1. The number of rotatable bonds is 4. The lowest BCUT2D eigenvalue weighted by atomic mass is 10.3. The molecule has 0 bridgehead atoms. The van der Waals surface area contributed by atoms with E-state index in [9.17, 15) is 14.4 Å². The van der Waals surface area contributed by atoms with E-state index in [-0.39, 0.29) is 19.0 Å². The average Bonchev–Trinajstić information content (AvgIpc) is 2.80. The maximum atomic E-state index is 11.8. The molecular weight excluding hydrogens is 272 g/mol. The van der Waals surface area contributed by atoms with Crippen LogP contribution in [0.3, 0.4) is 0 Å². The molecular formula is C11H12N2O3S2. The van der Waals surface area contributed by atoms with Gasteiger partial charge < -0.3 is 4.90 Å². The van der Waals surface area contributed by atoms with E-state index >= 15 is 0 Å². The quantitative estimate of drug-likeness (QED) is 0.816. The maximum absolute atomic E-state index is 11.8. The van der Waals surface area contributed by atoms with Crippen LogP contribution in [-0.4, -0.2) is 41.5 Å². The Hall–Kier alpha value is -1.34. The highest BCUT2D eigenvalue weighted by Gasteiger charge is 2.25. The number of nitrogens with zero attached hydrogens (tertiary/aromatic N) is 1. The molecule has 5 nitrogen and oxygen atoms in total. The standard InChI is InChI=1S/C11H12N2O3S2/c14-9-4-13(5-10(15)12-9)11(16)7-17-6-8-2-1-3-18-8/h1-3H,4-7H2,(H,12,14,15). The minimum absolute atomic E-state index is 0.0237. The zero-order chi connectivity index (χ0) is 13.0. The predicted molar refractivity (Wildman–Crippen MR) is 70.2 cm³/mol. The lowest BCUT2D eigenvalue weighted by Crippen LogP contribution is -2.53. The fraction of sp³-hybridized carbons (Fsp3) is 0.364. The summed E-state index contributed by atoms with van der Waals surface area (Å²) >= 11 is 3.14. The monoisotopic (exact) mass is 284 g/mol. The second-order valence-electron chi connectivity index (χ2n) is 3.79. The summed E-state index contributed by atoms with van der Waals surface area (Å²) in [5.41, 5.74) is 0. The molecule has 0 aromatic carbocycles. The molecule has 3 amide bonds. The van der Waals surface area contributed by atoms with Crippen molar-refractivity contribution in [3.8, 4) is 0 Å². The van der Waals surface area contributed by atoms with Crippen LogP contribution in [0, 0.1) is 0 Å². The summed E-state index contributed by atoms with van der Waals surface area (Å²) in [5, 5.41) is 4.16.